The third-order valence-corrected chi connectivity index (χ3v) is 6.21. The molecule has 0 saturated carbocycles. The minimum Gasteiger partial charge on any atom is -0.497 e. The van der Waals surface area contributed by atoms with Gasteiger partial charge in [0.05, 0.1) is 12.9 Å². The van der Waals surface area contributed by atoms with Gasteiger partial charge >= 0.3 is 0 Å². The Balaban J connectivity index is 1.51. The van der Waals surface area contributed by atoms with Gasteiger partial charge in [-0.3, -0.25) is 14.5 Å². The van der Waals surface area contributed by atoms with E-state index in [2.05, 4.69) is 5.32 Å². The quantitative estimate of drug-likeness (QED) is 0.581. The molecule has 0 unspecified atom stereocenters. The Morgan fingerprint density at radius 3 is 2.50 bits per heavy atom. The minimum atomic E-state index is -0.226. The van der Waals surface area contributed by atoms with Crippen LogP contribution in [0.25, 0.3) is 0 Å². The molecular formula is C23H19ClN2O3S. The number of carbonyl (C=O) groups excluding carboxylic acids is 2. The van der Waals surface area contributed by atoms with Crippen molar-refractivity contribution in [3.63, 3.8) is 0 Å². The average molecular weight is 439 g/mol. The van der Waals surface area contributed by atoms with Gasteiger partial charge in [-0.25, -0.2) is 0 Å². The summed E-state index contributed by atoms with van der Waals surface area (Å²) in [7, 11) is 1.61. The Kier molecular flexibility index (Phi) is 5.97. The molecule has 3 aromatic carbocycles. The third kappa shape index (κ3) is 4.30. The molecule has 1 fully saturated rings. The molecule has 1 saturated heterocycles. The summed E-state index contributed by atoms with van der Waals surface area (Å²) in [6.45, 7) is 0. The fourth-order valence-corrected chi connectivity index (χ4v) is 4.62. The number of nitrogens with one attached hydrogen (secondary N) is 1. The number of ether oxygens (including phenoxy) is 1. The second-order valence-electron chi connectivity index (χ2n) is 6.71. The normalized spacial score (nSPS) is 15.9. The molecule has 2 amide bonds. The van der Waals surface area contributed by atoms with Crippen molar-refractivity contribution in [2.45, 2.75) is 5.37 Å². The van der Waals surface area contributed by atoms with Crippen LogP contribution in [0.2, 0.25) is 5.02 Å². The van der Waals surface area contributed by atoms with Gasteiger partial charge in [0, 0.05) is 22.0 Å². The molecule has 7 heteroatoms. The second kappa shape index (κ2) is 8.81. The molecule has 4 rings (SSSR count). The smallest absolute Gasteiger partial charge is 0.255 e. The number of rotatable bonds is 5. The first-order valence-electron chi connectivity index (χ1n) is 9.30. The number of amides is 2. The van der Waals surface area contributed by atoms with Crippen LogP contribution < -0.4 is 15.0 Å². The Labute approximate surface area is 184 Å². The first kappa shape index (κ1) is 20.3. The number of nitrogens with zero attached hydrogens (tertiary/aromatic N) is 1. The van der Waals surface area contributed by atoms with E-state index >= 15 is 0 Å². The van der Waals surface area contributed by atoms with Crippen molar-refractivity contribution in [3.8, 4) is 5.75 Å². The van der Waals surface area contributed by atoms with Crippen molar-refractivity contribution < 1.29 is 14.3 Å². The molecule has 1 N–H and O–H groups in total. The van der Waals surface area contributed by atoms with Crippen molar-refractivity contribution in [3.05, 3.63) is 88.9 Å². The highest BCUT2D eigenvalue weighted by molar-refractivity contribution is 8.00. The zero-order valence-electron chi connectivity index (χ0n) is 16.2. The summed E-state index contributed by atoms with van der Waals surface area (Å²) in [5.41, 5.74) is 2.99. The number of hydrogen-bond donors (Lipinski definition) is 1. The van der Waals surface area contributed by atoms with Gasteiger partial charge in [0.1, 0.15) is 11.1 Å². The van der Waals surface area contributed by atoms with Crippen LogP contribution in [-0.4, -0.2) is 24.7 Å². The van der Waals surface area contributed by atoms with E-state index < -0.39 is 0 Å². The lowest BCUT2D eigenvalue weighted by Crippen LogP contribution is -2.27. The van der Waals surface area contributed by atoms with E-state index in [9.17, 15) is 9.59 Å². The number of benzene rings is 3. The van der Waals surface area contributed by atoms with Crippen LogP contribution in [-0.2, 0) is 4.79 Å². The van der Waals surface area contributed by atoms with E-state index in [0.29, 0.717) is 22.0 Å². The third-order valence-electron chi connectivity index (χ3n) is 4.76. The summed E-state index contributed by atoms with van der Waals surface area (Å²) in [5.74, 6) is 1.00. The first-order valence-corrected chi connectivity index (χ1v) is 10.7. The van der Waals surface area contributed by atoms with Crippen LogP contribution in [0.5, 0.6) is 5.75 Å². The van der Waals surface area contributed by atoms with E-state index in [-0.39, 0.29) is 17.2 Å². The van der Waals surface area contributed by atoms with Crippen molar-refractivity contribution in [2.24, 2.45) is 0 Å². The molecule has 30 heavy (non-hydrogen) atoms. The minimum absolute atomic E-state index is 0.0634. The monoisotopic (exact) mass is 438 g/mol. The molecular weight excluding hydrogens is 420 g/mol. The lowest BCUT2D eigenvalue weighted by Gasteiger charge is -2.24. The topological polar surface area (TPSA) is 58.6 Å². The van der Waals surface area contributed by atoms with Gasteiger partial charge in [0.15, 0.2) is 0 Å². The van der Waals surface area contributed by atoms with Crippen LogP contribution in [0.3, 0.4) is 0 Å². The Morgan fingerprint density at radius 1 is 1.10 bits per heavy atom. The predicted molar refractivity (Wildman–Crippen MR) is 122 cm³/mol. The highest BCUT2D eigenvalue weighted by Crippen LogP contribution is 2.42. The van der Waals surface area contributed by atoms with Crippen LogP contribution in [0.4, 0.5) is 11.4 Å². The molecule has 1 aliphatic rings. The summed E-state index contributed by atoms with van der Waals surface area (Å²) in [6, 6.07) is 21.8. The highest BCUT2D eigenvalue weighted by atomic mass is 35.5. The van der Waals surface area contributed by atoms with Crippen molar-refractivity contribution in [1.29, 1.82) is 0 Å². The van der Waals surface area contributed by atoms with Gasteiger partial charge in [-0.1, -0.05) is 29.8 Å². The molecule has 152 valence electrons. The molecule has 0 radical (unpaired) electrons. The molecule has 1 heterocycles. The van der Waals surface area contributed by atoms with Gasteiger partial charge in [-0.2, -0.15) is 0 Å². The molecule has 1 aliphatic heterocycles. The first-order chi connectivity index (χ1) is 14.5. The standard InChI is InChI=1S/C23H19ClN2O3S/c1-29-20-11-9-19(10-12-20)26-21(27)14-30-23(26)15-5-7-18(8-6-15)25-22(28)16-3-2-4-17(24)13-16/h2-13,23H,14H2,1H3,(H,25,28)/t23-/m0/s1. The van der Waals surface area contributed by atoms with Gasteiger partial charge in [-0.15, -0.1) is 11.8 Å². The summed E-state index contributed by atoms with van der Waals surface area (Å²) in [5, 5.41) is 3.26. The van der Waals surface area contributed by atoms with Crippen LogP contribution in [0.15, 0.2) is 72.8 Å². The van der Waals surface area contributed by atoms with E-state index in [1.165, 1.54) is 0 Å². The maximum Gasteiger partial charge on any atom is 0.255 e. The number of thioether (sulfide) groups is 1. The second-order valence-corrected chi connectivity index (χ2v) is 8.22. The molecule has 1 atom stereocenters. The summed E-state index contributed by atoms with van der Waals surface area (Å²) in [6.07, 6.45) is 0. The molecule has 5 nitrogen and oxygen atoms in total. The summed E-state index contributed by atoms with van der Waals surface area (Å²) in [4.78, 5) is 26.7. The largest absolute Gasteiger partial charge is 0.497 e. The average Bonchev–Trinajstić information content (AvgIpc) is 3.15. The van der Waals surface area contributed by atoms with Crippen molar-refractivity contribution in [1.82, 2.24) is 0 Å². The molecule has 0 aromatic heterocycles. The van der Waals surface area contributed by atoms with E-state index in [0.717, 1.165) is 17.0 Å². The lowest BCUT2D eigenvalue weighted by atomic mass is 10.1. The van der Waals surface area contributed by atoms with Crippen LogP contribution in [0.1, 0.15) is 21.3 Å². The molecule has 0 spiro atoms. The zero-order valence-corrected chi connectivity index (χ0v) is 17.7. The zero-order chi connectivity index (χ0) is 21.1. The Bertz CT molecular complexity index is 1070. The predicted octanol–water partition coefficient (Wildman–Crippen LogP) is 5.38. The Hall–Kier alpha value is -2.96. The molecule has 0 bridgehead atoms. The number of carbonyl (C=O) groups is 2. The number of hydrogen-bond acceptors (Lipinski definition) is 4. The summed E-state index contributed by atoms with van der Waals surface area (Å²) >= 11 is 7.53. The van der Waals surface area contributed by atoms with Crippen molar-refractivity contribution in [2.75, 3.05) is 23.1 Å². The fourth-order valence-electron chi connectivity index (χ4n) is 3.26. The maximum atomic E-state index is 12.5. The summed E-state index contributed by atoms with van der Waals surface area (Å²) < 4.78 is 5.20. The SMILES string of the molecule is COc1ccc(N2C(=O)CS[C@H]2c2ccc(NC(=O)c3cccc(Cl)c3)cc2)cc1. The van der Waals surface area contributed by atoms with Crippen LogP contribution >= 0.6 is 23.4 Å². The van der Waals surface area contributed by atoms with E-state index in [4.69, 9.17) is 16.3 Å². The number of halogens is 1. The van der Waals surface area contributed by atoms with Crippen molar-refractivity contribution >= 4 is 46.6 Å². The van der Waals surface area contributed by atoms with E-state index in [1.807, 2.05) is 48.5 Å². The lowest BCUT2D eigenvalue weighted by molar-refractivity contribution is -0.115. The fraction of sp³-hybridized carbons (Fsp3) is 0.130. The van der Waals surface area contributed by atoms with Gasteiger partial charge in [0.2, 0.25) is 5.91 Å². The van der Waals surface area contributed by atoms with Gasteiger partial charge in [0.25, 0.3) is 5.91 Å². The van der Waals surface area contributed by atoms with Gasteiger partial charge in [-0.05, 0) is 60.2 Å². The molecule has 3 aromatic rings. The van der Waals surface area contributed by atoms with Gasteiger partial charge < -0.3 is 10.1 Å². The highest BCUT2D eigenvalue weighted by Gasteiger charge is 2.34. The number of methoxy groups -OCH3 is 1. The van der Waals surface area contributed by atoms with E-state index in [1.54, 1.807) is 48.0 Å². The number of anilines is 2. The van der Waals surface area contributed by atoms with Crippen LogP contribution in [0, 0.1) is 0 Å². The molecule has 0 aliphatic carbocycles. The maximum absolute atomic E-state index is 12.5. The Morgan fingerprint density at radius 2 is 1.83 bits per heavy atom.